The minimum Gasteiger partial charge on any atom is -0.320 e. The van der Waals surface area contributed by atoms with Crippen LogP contribution in [0.3, 0.4) is 0 Å². The Balaban J connectivity index is 2.86. The molecule has 0 aliphatic carbocycles. The van der Waals surface area contributed by atoms with Gasteiger partial charge in [0.05, 0.1) is 5.54 Å². The molecule has 2 heteroatoms. The molecule has 2 N–H and O–H groups in total. The highest BCUT2D eigenvalue weighted by atomic mass is 15.1. The van der Waals surface area contributed by atoms with Crippen LogP contribution in [0.15, 0.2) is 30.3 Å². The maximum Gasteiger partial charge on any atom is 0.0538 e. The van der Waals surface area contributed by atoms with Gasteiger partial charge in [0.25, 0.3) is 0 Å². The molecule has 0 saturated carbocycles. The van der Waals surface area contributed by atoms with Crippen LogP contribution in [0.2, 0.25) is 0 Å². The van der Waals surface area contributed by atoms with Crippen molar-refractivity contribution in [2.75, 3.05) is 19.6 Å². The molecule has 20 heavy (non-hydrogen) atoms. The van der Waals surface area contributed by atoms with Crippen molar-refractivity contribution in [3.63, 3.8) is 0 Å². The minimum atomic E-state index is -0.207. The zero-order chi connectivity index (χ0) is 14.8. The predicted molar refractivity (Wildman–Crippen MR) is 88.9 cm³/mol. The van der Waals surface area contributed by atoms with Gasteiger partial charge in [0, 0.05) is 6.54 Å². The van der Waals surface area contributed by atoms with E-state index in [1.807, 2.05) is 0 Å². The second-order valence-corrected chi connectivity index (χ2v) is 5.90. The highest BCUT2D eigenvalue weighted by molar-refractivity contribution is 5.24. The third-order valence-electron chi connectivity index (χ3n) is 3.91. The molecule has 114 valence electrons. The quantitative estimate of drug-likeness (QED) is 0.695. The summed E-state index contributed by atoms with van der Waals surface area (Å²) in [6, 6.07) is 10.6. The lowest BCUT2D eigenvalue weighted by molar-refractivity contribution is 0.197. The maximum atomic E-state index is 6.83. The van der Waals surface area contributed by atoms with Gasteiger partial charge < -0.3 is 10.6 Å². The van der Waals surface area contributed by atoms with Crippen molar-refractivity contribution in [2.24, 2.45) is 5.73 Å². The molecule has 0 bridgehead atoms. The van der Waals surface area contributed by atoms with Gasteiger partial charge in [0.1, 0.15) is 0 Å². The average Bonchev–Trinajstić information content (AvgIpc) is 2.47. The molecule has 0 saturated heterocycles. The van der Waals surface area contributed by atoms with E-state index in [1.54, 1.807) is 0 Å². The summed E-state index contributed by atoms with van der Waals surface area (Å²) in [6.45, 7) is 9.99. The zero-order valence-corrected chi connectivity index (χ0v) is 13.6. The second kappa shape index (κ2) is 9.15. The van der Waals surface area contributed by atoms with Crippen molar-refractivity contribution in [3.8, 4) is 0 Å². The van der Waals surface area contributed by atoms with E-state index in [1.165, 1.54) is 31.2 Å². The van der Waals surface area contributed by atoms with Crippen LogP contribution in [0.25, 0.3) is 0 Å². The molecule has 1 aromatic carbocycles. The number of nitrogens with zero attached hydrogens (tertiary/aromatic N) is 1. The van der Waals surface area contributed by atoms with E-state index in [2.05, 4.69) is 56.0 Å². The SMILES string of the molecule is CCCCC(N)(CN(CCC)CCC)c1ccccc1. The van der Waals surface area contributed by atoms with E-state index in [-0.39, 0.29) is 5.54 Å². The summed E-state index contributed by atoms with van der Waals surface area (Å²) in [5.74, 6) is 0. The Kier molecular flexibility index (Phi) is 7.86. The van der Waals surface area contributed by atoms with Gasteiger partial charge in [-0.3, -0.25) is 0 Å². The average molecular weight is 276 g/mol. The van der Waals surface area contributed by atoms with Gasteiger partial charge in [-0.1, -0.05) is 63.9 Å². The molecule has 2 nitrogen and oxygen atoms in total. The van der Waals surface area contributed by atoms with Crippen LogP contribution in [0, 0.1) is 0 Å². The lowest BCUT2D eigenvalue weighted by Crippen LogP contribution is -2.48. The summed E-state index contributed by atoms with van der Waals surface area (Å²) in [5, 5.41) is 0. The van der Waals surface area contributed by atoms with Crippen molar-refractivity contribution < 1.29 is 0 Å². The third kappa shape index (κ3) is 5.26. The lowest BCUT2D eigenvalue weighted by atomic mass is 9.85. The third-order valence-corrected chi connectivity index (χ3v) is 3.91. The van der Waals surface area contributed by atoms with Crippen molar-refractivity contribution in [1.82, 2.24) is 4.90 Å². The van der Waals surface area contributed by atoms with Gasteiger partial charge in [-0.25, -0.2) is 0 Å². The fourth-order valence-corrected chi connectivity index (χ4v) is 2.88. The van der Waals surface area contributed by atoms with E-state index in [0.717, 1.165) is 26.1 Å². The molecule has 0 radical (unpaired) electrons. The Hall–Kier alpha value is -0.860. The number of hydrogen-bond acceptors (Lipinski definition) is 2. The first kappa shape index (κ1) is 17.2. The van der Waals surface area contributed by atoms with Crippen LogP contribution < -0.4 is 5.73 Å². The summed E-state index contributed by atoms with van der Waals surface area (Å²) in [5.41, 5.74) is 7.90. The van der Waals surface area contributed by atoms with E-state index in [9.17, 15) is 0 Å². The largest absolute Gasteiger partial charge is 0.320 e. The molecule has 0 spiro atoms. The van der Waals surface area contributed by atoms with E-state index < -0.39 is 0 Å². The van der Waals surface area contributed by atoms with E-state index in [4.69, 9.17) is 5.73 Å². The topological polar surface area (TPSA) is 29.3 Å². The first-order valence-corrected chi connectivity index (χ1v) is 8.23. The zero-order valence-electron chi connectivity index (χ0n) is 13.6. The van der Waals surface area contributed by atoms with Crippen LogP contribution in [-0.2, 0) is 5.54 Å². The molecule has 1 rings (SSSR count). The fraction of sp³-hybridized carbons (Fsp3) is 0.667. The molecule has 0 amide bonds. The van der Waals surface area contributed by atoms with Gasteiger partial charge in [-0.05, 0) is 37.9 Å². The summed E-state index contributed by atoms with van der Waals surface area (Å²) in [4.78, 5) is 2.53. The summed E-state index contributed by atoms with van der Waals surface area (Å²) < 4.78 is 0. The highest BCUT2D eigenvalue weighted by Crippen LogP contribution is 2.26. The smallest absolute Gasteiger partial charge is 0.0538 e. The highest BCUT2D eigenvalue weighted by Gasteiger charge is 2.28. The Labute approximate surface area is 125 Å². The van der Waals surface area contributed by atoms with Crippen LogP contribution in [0.4, 0.5) is 0 Å². The van der Waals surface area contributed by atoms with Crippen LogP contribution >= 0.6 is 0 Å². The number of rotatable bonds is 10. The molecule has 1 aromatic rings. The van der Waals surface area contributed by atoms with E-state index >= 15 is 0 Å². The molecule has 0 aromatic heterocycles. The van der Waals surface area contributed by atoms with Gasteiger partial charge in [-0.2, -0.15) is 0 Å². The molecular weight excluding hydrogens is 244 g/mol. The van der Waals surface area contributed by atoms with E-state index in [0.29, 0.717) is 0 Å². The molecule has 0 fully saturated rings. The van der Waals surface area contributed by atoms with Crippen LogP contribution in [0.1, 0.15) is 58.4 Å². The molecule has 0 heterocycles. The first-order chi connectivity index (χ1) is 9.66. The Morgan fingerprint density at radius 2 is 1.55 bits per heavy atom. The minimum absolute atomic E-state index is 0.207. The van der Waals surface area contributed by atoms with Crippen LogP contribution in [-0.4, -0.2) is 24.5 Å². The number of unbranched alkanes of at least 4 members (excludes halogenated alkanes) is 1. The monoisotopic (exact) mass is 276 g/mol. The number of nitrogens with two attached hydrogens (primary N) is 1. The van der Waals surface area contributed by atoms with Crippen molar-refractivity contribution in [1.29, 1.82) is 0 Å². The molecule has 0 aliphatic rings. The maximum absolute atomic E-state index is 6.83. The molecule has 1 unspecified atom stereocenters. The number of hydrogen-bond donors (Lipinski definition) is 1. The Morgan fingerprint density at radius 3 is 2.05 bits per heavy atom. The molecular formula is C18H32N2. The van der Waals surface area contributed by atoms with Gasteiger partial charge in [0.2, 0.25) is 0 Å². The summed E-state index contributed by atoms with van der Waals surface area (Å²) >= 11 is 0. The standard InChI is InChI=1S/C18H32N2/c1-4-7-13-18(19,17-11-9-8-10-12-17)16-20(14-5-2)15-6-3/h8-12H,4-7,13-16,19H2,1-3H3. The molecule has 0 aliphatic heterocycles. The van der Waals surface area contributed by atoms with Gasteiger partial charge >= 0.3 is 0 Å². The second-order valence-electron chi connectivity index (χ2n) is 5.90. The van der Waals surface area contributed by atoms with Gasteiger partial charge in [-0.15, -0.1) is 0 Å². The normalized spacial score (nSPS) is 14.4. The van der Waals surface area contributed by atoms with Gasteiger partial charge in [0.15, 0.2) is 0 Å². The Bertz CT molecular complexity index is 344. The lowest BCUT2D eigenvalue weighted by Gasteiger charge is -2.36. The number of benzene rings is 1. The Morgan fingerprint density at radius 1 is 0.950 bits per heavy atom. The van der Waals surface area contributed by atoms with Crippen molar-refractivity contribution in [3.05, 3.63) is 35.9 Å². The van der Waals surface area contributed by atoms with Crippen molar-refractivity contribution in [2.45, 2.75) is 58.4 Å². The summed E-state index contributed by atoms with van der Waals surface area (Å²) in [6.07, 6.45) is 5.85. The summed E-state index contributed by atoms with van der Waals surface area (Å²) in [7, 11) is 0. The first-order valence-electron chi connectivity index (χ1n) is 8.23. The van der Waals surface area contributed by atoms with Crippen molar-refractivity contribution >= 4 is 0 Å². The van der Waals surface area contributed by atoms with Crippen LogP contribution in [0.5, 0.6) is 0 Å². The predicted octanol–water partition coefficient (Wildman–Crippen LogP) is 4.15. The fourth-order valence-electron chi connectivity index (χ4n) is 2.88. The molecule has 1 atom stereocenters.